The van der Waals surface area contributed by atoms with Crippen molar-refractivity contribution in [3.05, 3.63) is 35.4 Å². The summed E-state index contributed by atoms with van der Waals surface area (Å²) in [5.41, 5.74) is 3.20. The van der Waals surface area contributed by atoms with E-state index in [-0.39, 0.29) is 5.41 Å². The van der Waals surface area contributed by atoms with Crippen molar-refractivity contribution in [3.8, 4) is 0 Å². The van der Waals surface area contributed by atoms with Crippen LogP contribution < -0.4 is 0 Å². The van der Waals surface area contributed by atoms with Crippen molar-refractivity contribution in [1.82, 2.24) is 4.90 Å². The molecule has 1 nitrogen and oxygen atoms in total. The largest absolute Gasteiger partial charge is 0.296 e. The second-order valence-electron chi connectivity index (χ2n) is 9.23. The Kier molecular flexibility index (Phi) is 5.16. The van der Waals surface area contributed by atoms with Crippen LogP contribution >= 0.6 is 0 Å². The molecule has 2 aliphatic rings. The van der Waals surface area contributed by atoms with Crippen LogP contribution in [0.2, 0.25) is 0 Å². The van der Waals surface area contributed by atoms with Crippen LogP contribution in [0.3, 0.4) is 0 Å². The molecule has 0 atom stereocenters. The molecule has 1 aromatic rings. The molecule has 0 amide bonds. The molecular weight excluding hydrogens is 278 g/mol. The summed E-state index contributed by atoms with van der Waals surface area (Å²) in [6.45, 7) is 11.8. The predicted molar refractivity (Wildman–Crippen MR) is 99.7 cm³/mol. The average Bonchev–Trinajstić information content (AvgIpc) is 3.31. The van der Waals surface area contributed by atoms with Gasteiger partial charge < -0.3 is 0 Å². The molecule has 1 aromatic carbocycles. The highest BCUT2D eigenvalue weighted by Crippen LogP contribution is 2.34. The van der Waals surface area contributed by atoms with Gasteiger partial charge in [0.25, 0.3) is 0 Å². The Morgan fingerprint density at radius 2 is 1.52 bits per heavy atom. The summed E-state index contributed by atoms with van der Waals surface area (Å²) < 4.78 is 0. The minimum Gasteiger partial charge on any atom is -0.296 e. The van der Waals surface area contributed by atoms with Gasteiger partial charge in [-0.05, 0) is 66.9 Å². The molecule has 2 fully saturated rings. The number of hydrogen-bond donors (Lipinski definition) is 0. The van der Waals surface area contributed by atoms with Gasteiger partial charge in [0.2, 0.25) is 0 Å². The predicted octanol–water partition coefficient (Wildman–Crippen LogP) is 5.77. The van der Waals surface area contributed by atoms with E-state index in [0.29, 0.717) is 0 Å². The van der Waals surface area contributed by atoms with Crippen molar-refractivity contribution >= 4 is 0 Å². The van der Waals surface area contributed by atoms with E-state index < -0.39 is 0 Å². The van der Waals surface area contributed by atoms with Crippen molar-refractivity contribution in [3.63, 3.8) is 0 Å². The molecule has 128 valence electrons. The van der Waals surface area contributed by atoms with Gasteiger partial charge in [-0.2, -0.15) is 0 Å². The van der Waals surface area contributed by atoms with Gasteiger partial charge in [0.15, 0.2) is 0 Å². The molecule has 0 aromatic heterocycles. The van der Waals surface area contributed by atoms with E-state index in [1.54, 1.807) is 0 Å². The summed E-state index contributed by atoms with van der Waals surface area (Å²) in [5.74, 6) is 1.93. The van der Waals surface area contributed by atoms with E-state index in [1.165, 1.54) is 56.2 Å². The standard InChI is InChI=1S/C22H35N/c1-17-5-13-21(14-6-17)23(15-18-7-8-18)16-19-9-11-20(12-10-19)22(2,3)4/h9-12,17-18,21H,5-8,13-16H2,1-4H3. The van der Waals surface area contributed by atoms with Gasteiger partial charge in [-0.1, -0.05) is 52.0 Å². The molecule has 0 bridgehead atoms. The lowest BCUT2D eigenvalue weighted by Gasteiger charge is -2.36. The third kappa shape index (κ3) is 4.83. The first-order chi connectivity index (χ1) is 10.9. The Hall–Kier alpha value is -0.820. The maximum atomic E-state index is 2.82. The zero-order chi connectivity index (χ0) is 16.4. The number of nitrogens with zero attached hydrogens (tertiary/aromatic N) is 1. The number of rotatable bonds is 5. The molecule has 0 N–H and O–H groups in total. The first kappa shape index (κ1) is 17.0. The highest BCUT2D eigenvalue weighted by atomic mass is 15.2. The summed E-state index contributed by atoms with van der Waals surface area (Å²) in [5, 5.41) is 0. The minimum atomic E-state index is 0.256. The molecule has 0 unspecified atom stereocenters. The zero-order valence-electron chi connectivity index (χ0n) is 15.6. The van der Waals surface area contributed by atoms with E-state index in [4.69, 9.17) is 0 Å². The fraction of sp³-hybridized carbons (Fsp3) is 0.727. The maximum Gasteiger partial charge on any atom is 0.0236 e. The van der Waals surface area contributed by atoms with Crippen molar-refractivity contribution in [1.29, 1.82) is 0 Å². The van der Waals surface area contributed by atoms with Crippen LogP contribution in [-0.4, -0.2) is 17.5 Å². The van der Waals surface area contributed by atoms with Gasteiger partial charge >= 0.3 is 0 Å². The first-order valence-corrected chi connectivity index (χ1v) is 9.75. The zero-order valence-corrected chi connectivity index (χ0v) is 15.6. The average molecular weight is 314 g/mol. The fourth-order valence-corrected chi connectivity index (χ4v) is 3.93. The number of benzene rings is 1. The van der Waals surface area contributed by atoms with Gasteiger partial charge in [-0.25, -0.2) is 0 Å². The maximum absolute atomic E-state index is 2.82. The molecule has 0 aliphatic heterocycles. The van der Waals surface area contributed by atoms with Crippen molar-refractivity contribution in [2.45, 2.75) is 84.2 Å². The lowest BCUT2D eigenvalue weighted by molar-refractivity contribution is 0.127. The second-order valence-corrected chi connectivity index (χ2v) is 9.23. The lowest BCUT2D eigenvalue weighted by atomic mass is 9.85. The highest BCUT2D eigenvalue weighted by molar-refractivity contribution is 5.27. The van der Waals surface area contributed by atoms with E-state index in [0.717, 1.165) is 24.4 Å². The van der Waals surface area contributed by atoms with E-state index in [9.17, 15) is 0 Å². The van der Waals surface area contributed by atoms with Crippen LogP contribution in [-0.2, 0) is 12.0 Å². The topological polar surface area (TPSA) is 3.24 Å². The van der Waals surface area contributed by atoms with Crippen LogP contribution in [0.25, 0.3) is 0 Å². The minimum absolute atomic E-state index is 0.256. The normalized spacial score (nSPS) is 25.8. The molecule has 2 aliphatic carbocycles. The Labute approximate surface area is 143 Å². The highest BCUT2D eigenvalue weighted by Gasteiger charge is 2.30. The Bertz CT molecular complexity index is 484. The summed E-state index contributed by atoms with van der Waals surface area (Å²) >= 11 is 0. The van der Waals surface area contributed by atoms with Crippen LogP contribution in [0.4, 0.5) is 0 Å². The molecule has 23 heavy (non-hydrogen) atoms. The van der Waals surface area contributed by atoms with Crippen molar-refractivity contribution in [2.75, 3.05) is 6.54 Å². The molecule has 0 radical (unpaired) electrons. The molecule has 1 heteroatoms. The Balaban J connectivity index is 1.65. The molecule has 3 rings (SSSR count). The van der Waals surface area contributed by atoms with Crippen LogP contribution in [0.1, 0.15) is 77.3 Å². The summed E-state index contributed by atoms with van der Waals surface area (Å²) in [7, 11) is 0. The number of hydrogen-bond acceptors (Lipinski definition) is 1. The molecular formula is C22H35N. The Morgan fingerprint density at radius 1 is 0.913 bits per heavy atom. The first-order valence-electron chi connectivity index (χ1n) is 9.75. The van der Waals surface area contributed by atoms with E-state index in [2.05, 4.69) is 56.9 Å². The molecule has 0 spiro atoms. The Morgan fingerprint density at radius 3 is 2.04 bits per heavy atom. The molecule has 0 heterocycles. The molecule has 2 saturated carbocycles. The lowest BCUT2D eigenvalue weighted by Crippen LogP contribution is -2.38. The third-order valence-electron chi connectivity index (χ3n) is 5.90. The van der Waals surface area contributed by atoms with Crippen molar-refractivity contribution < 1.29 is 0 Å². The van der Waals surface area contributed by atoms with E-state index >= 15 is 0 Å². The van der Waals surface area contributed by atoms with Crippen LogP contribution in [0.5, 0.6) is 0 Å². The smallest absolute Gasteiger partial charge is 0.0236 e. The quantitative estimate of drug-likeness (QED) is 0.666. The fourth-order valence-electron chi connectivity index (χ4n) is 3.93. The van der Waals surface area contributed by atoms with Gasteiger partial charge in [0.05, 0.1) is 0 Å². The van der Waals surface area contributed by atoms with Gasteiger partial charge in [0, 0.05) is 19.1 Å². The summed E-state index contributed by atoms with van der Waals surface area (Å²) in [4.78, 5) is 2.82. The summed E-state index contributed by atoms with van der Waals surface area (Å²) in [6.07, 6.45) is 8.59. The van der Waals surface area contributed by atoms with E-state index in [1.807, 2.05) is 0 Å². The van der Waals surface area contributed by atoms with Gasteiger partial charge in [0.1, 0.15) is 0 Å². The van der Waals surface area contributed by atoms with Gasteiger partial charge in [-0.15, -0.1) is 0 Å². The monoisotopic (exact) mass is 313 g/mol. The SMILES string of the molecule is CC1CCC(N(Cc2ccc(C(C)(C)C)cc2)CC2CC2)CC1. The third-order valence-corrected chi connectivity index (χ3v) is 5.90. The van der Waals surface area contributed by atoms with Crippen molar-refractivity contribution in [2.24, 2.45) is 11.8 Å². The van der Waals surface area contributed by atoms with Crippen LogP contribution in [0.15, 0.2) is 24.3 Å². The van der Waals surface area contributed by atoms with Gasteiger partial charge in [-0.3, -0.25) is 4.90 Å². The second kappa shape index (κ2) is 6.97. The van der Waals surface area contributed by atoms with Crippen LogP contribution in [0, 0.1) is 11.8 Å². The molecule has 0 saturated heterocycles. The summed E-state index contributed by atoms with van der Waals surface area (Å²) in [6, 6.07) is 10.2.